The lowest BCUT2D eigenvalue weighted by atomic mass is 10.0. The molecule has 0 N–H and O–H groups in total. The molecule has 0 amide bonds. The van der Waals surface area contributed by atoms with Crippen LogP contribution in [0.3, 0.4) is 0 Å². The highest BCUT2D eigenvalue weighted by Gasteiger charge is 2.22. The summed E-state index contributed by atoms with van der Waals surface area (Å²) in [5.41, 5.74) is 21.6. The van der Waals surface area contributed by atoms with E-state index in [0.717, 1.165) is 138 Å². The Morgan fingerprint density at radius 1 is 0.204 bits per heavy atom. The first-order valence-corrected chi connectivity index (χ1v) is 32.0. The first-order valence-electron chi connectivity index (χ1n) is 32.0. The van der Waals surface area contributed by atoms with Gasteiger partial charge in [-0.1, -0.05) is 109 Å². The van der Waals surface area contributed by atoms with E-state index >= 15 is 0 Å². The van der Waals surface area contributed by atoms with Gasteiger partial charge in [0.25, 0.3) is 0 Å². The SMILES string of the molecule is N#Cc1ccc(-c2cc(-c3cc(C#N)cc(-n4c5ccccc5c5cc(-c6ccc7c(c6)c6ccccc6n7-c6ccc(C#N)cc6)ccc54)c3)nc(-c3cc(C#N)cc(-n4c5ccccc5c5cc(-c6ccc7c(c6)c6ccccc6n7-c6ccc(C#N)cc6)ccc54)c3)n2)cc1. The van der Waals surface area contributed by atoms with Crippen LogP contribution < -0.4 is 0 Å². The third-order valence-electron chi connectivity index (χ3n) is 19.1. The van der Waals surface area contributed by atoms with Crippen molar-refractivity contribution in [1.29, 1.82) is 26.3 Å². The van der Waals surface area contributed by atoms with E-state index in [-0.39, 0.29) is 0 Å². The zero-order chi connectivity index (χ0) is 65.7. The maximum Gasteiger partial charge on any atom is 0.160 e. The first kappa shape index (κ1) is 56.4. The molecule has 0 unspecified atom stereocenters. The van der Waals surface area contributed by atoms with E-state index in [1.807, 2.05) is 109 Å². The molecule has 11 heteroatoms. The van der Waals surface area contributed by atoms with Crippen LogP contribution in [-0.2, 0) is 0 Å². The summed E-state index contributed by atoms with van der Waals surface area (Å²) >= 11 is 0. The second-order valence-corrected chi connectivity index (χ2v) is 24.6. The number of nitrogens with zero attached hydrogens (tertiary/aromatic N) is 11. The molecule has 5 heterocycles. The predicted molar refractivity (Wildman–Crippen MR) is 390 cm³/mol. The minimum atomic E-state index is 0.365. The average molecular weight is 1250 g/mol. The average Bonchev–Trinajstić information content (AvgIpc) is 1.59. The van der Waals surface area contributed by atoms with Crippen LogP contribution in [0, 0.1) is 56.7 Å². The van der Waals surface area contributed by atoms with E-state index < -0.39 is 0 Å². The molecule has 11 nitrogen and oxygen atoms in total. The second kappa shape index (κ2) is 22.4. The Morgan fingerprint density at radius 3 is 0.847 bits per heavy atom. The van der Waals surface area contributed by atoms with Crippen LogP contribution >= 0.6 is 0 Å². The molecular formula is C87H47N11. The van der Waals surface area contributed by atoms with E-state index in [4.69, 9.17) is 9.97 Å². The molecule has 0 saturated heterocycles. The molecule has 18 rings (SSSR count). The first-order chi connectivity index (χ1) is 48.3. The van der Waals surface area contributed by atoms with Crippen LogP contribution in [0.15, 0.2) is 285 Å². The molecular weight excluding hydrogens is 1200 g/mol. The molecule has 0 spiro atoms. The Balaban J connectivity index is 0.751. The standard InChI is InChI=1S/C87H47N11/c88-48-53-17-23-58(24-18-53)77-47-78(63-37-56(51-91)39-67(41-63)97-81-15-7-3-11-71(81)75-45-61(27-35-85(75)97)59-25-33-83-73(43-59)69-9-1-5-13-79(69)95(83)65-29-19-54(49-89)20-30-65)94-87(93-77)64-38-57(52-92)40-68(42-64)98-82-16-8-4-12-72(82)76-46-62(28-36-86(76)98)60-26-34-84-74(44-60)70-10-2-6-14-80(70)96(84)66-31-21-55(50-90)22-32-66/h1-47H. The van der Waals surface area contributed by atoms with Gasteiger partial charge in [0.05, 0.1) is 114 Å². The number of fused-ring (bicyclic) bond motifs is 12. The maximum atomic E-state index is 10.9. The molecule has 0 aliphatic rings. The van der Waals surface area contributed by atoms with Crippen LogP contribution in [0.2, 0.25) is 0 Å². The van der Waals surface area contributed by atoms with E-state index in [9.17, 15) is 26.3 Å². The normalized spacial score (nSPS) is 11.4. The van der Waals surface area contributed by atoms with Crippen LogP contribution in [0.5, 0.6) is 0 Å². The van der Waals surface area contributed by atoms with Crippen molar-refractivity contribution in [1.82, 2.24) is 28.2 Å². The molecule has 0 aliphatic heterocycles. The van der Waals surface area contributed by atoms with Crippen molar-refractivity contribution < 1.29 is 0 Å². The highest BCUT2D eigenvalue weighted by molar-refractivity contribution is 6.15. The number of hydrogen-bond donors (Lipinski definition) is 0. The lowest BCUT2D eigenvalue weighted by Gasteiger charge is -2.14. The van der Waals surface area contributed by atoms with Crippen molar-refractivity contribution >= 4 is 87.2 Å². The molecule has 13 aromatic carbocycles. The molecule has 450 valence electrons. The van der Waals surface area contributed by atoms with Crippen molar-refractivity contribution in [2.75, 3.05) is 0 Å². The highest BCUT2D eigenvalue weighted by Crippen LogP contribution is 2.43. The smallest absolute Gasteiger partial charge is 0.160 e. The van der Waals surface area contributed by atoms with Gasteiger partial charge in [0.2, 0.25) is 0 Å². The Morgan fingerprint density at radius 2 is 0.490 bits per heavy atom. The fraction of sp³-hybridized carbons (Fsp3) is 0. The van der Waals surface area contributed by atoms with Gasteiger partial charge in [-0.25, -0.2) is 9.97 Å². The number of rotatable bonds is 9. The van der Waals surface area contributed by atoms with E-state index in [1.165, 1.54) is 0 Å². The fourth-order valence-corrected chi connectivity index (χ4v) is 14.6. The van der Waals surface area contributed by atoms with Gasteiger partial charge < -0.3 is 18.3 Å². The van der Waals surface area contributed by atoms with Crippen LogP contribution in [0.1, 0.15) is 27.8 Å². The lowest BCUT2D eigenvalue weighted by molar-refractivity contribution is 1.15. The summed E-state index contributed by atoms with van der Waals surface area (Å²) in [6.45, 7) is 0. The number of benzene rings is 13. The van der Waals surface area contributed by atoms with E-state index in [2.05, 4.69) is 212 Å². The molecule has 0 fully saturated rings. The molecule has 0 bridgehead atoms. The number of hydrogen-bond acceptors (Lipinski definition) is 7. The molecule has 0 saturated carbocycles. The minimum Gasteiger partial charge on any atom is -0.309 e. The quantitative estimate of drug-likeness (QED) is 0.139. The van der Waals surface area contributed by atoms with Crippen LogP contribution in [-0.4, -0.2) is 28.2 Å². The zero-order valence-corrected chi connectivity index (χ0v) is 52.1. The Labute approximate surface area is 560 Å². The van der Waals surface area contributed by atoms with Gasteiger partial charge in [0.1, 0.15) is 0 Å². The van der Waals surface area contributed by atoms with Crippen molar-refractivity contribution in [3.8, 4) is 109 Å². The van der Waals surface area contributed by atoms with Gasteiger partial charge in [-0.3, -0.25) is 0 Å². The van der Waals surface area contributed by atoms with Crippen molar-refractivity contribution in [3.63, 3.8) is 0 Å². The summed E-state index contributed by atoms with van der Waals surface area (Å²) in [5, 5.41) is 59.5. The zero-order valence-electron chi connectivity index (χ0n) is 52.1. The molecule has 0 radical (unpaired) electrons. The largest absolute Gasteiger partial charge is 0.309 e. The Hall–Kier alpha value is -14.4. The van der Waals surface area contributed by atoms with Gasteiger partial charge in [0, 0.05) is 82.5 Å². The molecule has 18 aromatic rings. The Kier molecular flexibility index (Phi) is 12.9. The minimum absolute atomic E-state index is 0.365. The van der Waals surface area contributed by atoms with Gasteiger partial charge in [-0.2, -0.15) is 26.3 Å². The van der Waals surface area contributed by atoms with E-state index in [1.54, 1.807) is 12.1 Å². The van der Waals surface area contributed by atoms with Crippen molar-refractivity contribution in [2.24, 2.45) is 0 Å². The third kappa shape index (κ3) is 9.08. The monoisotopic (exact) mass is 1250 g/mol. The van der Waals surface area contributed by atoms with E-state index in [0.29, 0.717) is 56.2 Å². The van der Waals surface area contributed by atoms with Gasteiger partial charge in [-0.05, 0) is 198 Å². The summed E-state index contributed by atoms with van der Waals surface area (Å²) in [6, 6.07) is 108. The number of para-hydroxylation sites is 4. The van der Waals surface area contributed by atoms with Crippen LogP contribution in [0.25, 0.3) is 166 Å². The highest BCUT2D eigenvalue weighted by atomic mass is 15.0. The number of aromatic nitrogens is 6. The van der Waals surface area contributed by atoms with Gasteiger partial charge in [-0.15, -0.1) is 0 Å². The summed E-state index contributed by atoms with van der Waals surface area (Å²) in [6.07, 6.45) is 0. The summed E-state index contributed by atoms with van der Waals surface area (Å²) in [7, 11) is 0. The van der Waals surface area contributed by atoms with Crippen LogP contribution in [0.4, 0.5) is 0 Å². The molecule has 0 aliphatic carbocycles. The lowest BCUT2D eigenvalue weighted by Crippen LogP contribution is -2.00. The summed E-state index contributed by atoms with van der Waals surface area (Å²) in [4.78, 5) is 10.6. The molecule has 98 heavy (non-hydrogen) atoms. The maximum absolute atomic E-state index is 10.9. The fourth-order valence-electron chi connectivity index (χ4n) is 14.6. The summed E-state index contributed by atoms with van der Waals surface area (Å²) in [5.74, 6) is 0.365. The van der Waals surface area contributed by atoms with Gasteiger partial charge in [0.15, 0.2) is 5.82 Å². The molecule has 0 atom stereocenters. The second-order valence-electron chi connectivity index (χ2n) is 24.6. The third-order valence-corrected chi connectivity index (χ3v) is 19.1. The predicted octanol–water partition coefficient (Wildman–Crippen LogP) is 20.6. The molecule has 5 aromatic heterocycles. The topological polar surface area (TPSA) is 164 Å². The van der Waals surface area contributed by atoms with Crippen molar-refractivity contribution in [2.45, 2.75) is 0 Å². The number of nitriles is 5. The van der Waals surface area contributed by atoms with Crippen molar-refractivity contribution in [3.05, 3.63) is 313 Å². The Bertz CT molecular complexity index is 6290. The van der Waals surface area contributed by atoms with Gasteiger partial charge >= 0.3 is 0 Å². The summed E-state index contributed by atoms with van der Waals surface area (Å²) < 4.78 is 8.92.